The number of amides is 2. The van der Waals surface area contributed by atoms with Gasteiger partial charge in [-0.05, 0) is 31.0 Å². The van der Waals surface area contributed by atoms with Crippen molar-refractivity contribution >= 4 is 29.2 Å². The lowest BCUT2D eigenvalue weighted by Crippen LogP contribution is -2.53. The van der Waals surface area contributed by atoms with Gasteiger partial charge in [-0.15, -0.1) is 0 Å². The largest absolute Gasteiger partial charge is 0.393 e. The van der Waals surface area contributed by atoms with Crippen LogP contribution in [0.4, 0.5) is 4.79 Å². The van der Waals surface area contributed by atoms with Crippen LogP contribution in [-0.4, -0.2) is 47.9 Å². The molecule has 1 saturated heterocycles. The molecule has 122 valence electrons. The Labute approximate surface area is 140 Å². The van der Waals surface area contributed by atoms with E-state index in [2.05, 4.69) is 5.32 Å². The zero-order chi connectivity index (χ0) is 16.1. The molecule has 0 bridgehead atoms. The number of carbonyl (C=O) groups excluding carboxylic acids is 1. The number of hydrogen-bond donors (Lipinski definition) is 2. The van der Waals surface area contributed by atoms with Crippen LogP contribution in [0.15, 0.2) is 18.2 Å². The smallest absolute Gasteiger partial charge is 0.318 e. The quantitative estimate of drug-likeness (QED) is 0.880. The van der Waals surface area contributed by atoms with Crippen LogP contribution in [0.3, 0.4) is 0 Å². The van der Waals surface area contributed by atoms with Gasteiger partial charge in [0.05, 0.1) is 25.4 Å². The lowest BCUT2D eigenvalue weighted by atomic mass is 10.1. The van der Waals surface area contributed by atoms with Gasteiger partial charge in [-0.1, -0.05) is 29.3 Å². The Morgan fingerprint density at radius 3 is 3.00 bits per heavy atom. The maximum absolute atomic E-state index is 12.4. The summed E-state index contributed by atoms with van der Waals surface area (Å²) in [6.45, 7) is 3.49. The number of aliphatic hydroxyl groups excluding tert-OH is 1. The molecule has 2 atom stereocenters. The van der Waals surface area contributed by atoms with Crippen LogP contribution in [0, 0.1) is 0 Å². The topological polar surface area (TPSA) is 61.8 Å². The second-order valence-electron chi connectivity index (χ2n) is 5.40. The van der Waals surface area contributed by atoms with Crippen molar-refractivity contribution in [3.63, 3.8) is 0 Å². The Balaban J connectivity index is 1.95. The van der Waals surface area contributed by atoms with Gasteiger partial charge in [-0.2, -0.15) is 0 Å². The number of rotatable bonds is 4. The molecule has 0 radical (unpaired) electrons. The Bertz CT molecular complexity index is 526. The number of aliphatic hydroxyl groups is 1. The maximum atomic E-state index is 12.4. The van der Waals surface area contributed by atoms with E-state index in [1.165, 1.54) is 0 Å². The first kappa shape index (κ1) is 17.3. The minimum atomic E-state index is -0.479. The average molecular weight is 347 g/mol. The molecular formula is C15H20Cl2N2O3. The summed E-state index contributed by atoms with van der Waals surface area (Å²) in [5, 5.41) is 13.5. The molecule has 0 saturated carbocycles. The number of urea groups is 1. The molecule has 2 N–H and O–H groups in total. The monoisotopic (exact) mass is 346 g/mol. The molecule has 1 aromatic rings. The Morgan fingerprint density at radius 1 is 1.55 bits per heavy atom. The molecule has 1 heterocycles. The molecule has 0 aromatic heterocycles. The Kier molecular flexibility index (Phi) is 6.32. The molecule has 0 spiro atoms. The number of nitrogens with zero attached hydrogens (tertiary/aromatic N) is 1. The van der Waals surface area contributed by atoms with Gasteiger partial charge in [-0.25, -0.2) is 4.79 Å². The predicted molar refractivity (Wildman–Crippen MR) is 86.3 cm³/mol. The maximum Gasteiger partial charge on any atom is 0.318 e. The third kappa shape index (κ3) is 4.74. The van der Waals surface area contributed by atoms with Crippen molar-refractivity contribution in [1.29, 1.82) is 0 Å². The second kappa shape index (κ2) is 8.02. The normalized spacial score (nSPS) is 19.8. The van der Waals surface area contributed by atoms with Crippen LogP contribution >= 0.6 is 23.2 Å². The minimum absolute atomic E-state index is 0.116. The van der Waals surface area contributed by atoms with Crippen molar-refractivity contribution in [2.45, 2.75) is 32.0 Å². The molecule has 1 aliphatic rings. The van der Waals surface area contributed by atoms with Gasteiger partial charge in [0.1, 0.15) is 0 Å². The van der Waals surface area contributed by atoms with Crippen LogP contribution in [0.5, 0.6) is 0 Å². The number of carbonyl (C=O) groups is 1. The van der Waals surface area contributed by atoms with E-state index in [-0.39, 0.29) is 12.1 Å². The fraction of sp³-hybridized carbons (Fsp3) is 0.533. The van der Waals surface area contributed by atoms with Crippen molar-refractivity contribution in [3.05, 3.63) is 33.8 Å². The number of morpholine rings is 1. The SMILES string of the molecule is C[C@H](O)C[C@H]1COCCN1C(=O)NCc1ccc(Cl)cc1Cl. The molecule has 1 aliphatic heterocycles. The fourth-order valence-electron chi connectivity index (χ4n) is 2.45. The standard InChI is InChI=1S/C15H20Cl2N2O3/c1-10(20)6-13-9-22-5-4-19(13)15(21)18-8-11-2-3-12(16)7-14(11)17/h2-3,7,10,13,20H,4-6,8-9H2,1H3,(H,18,21)/t10-,13-/m0/s1. The first-order valence-corrected chi connectivity index (χ1v) is 7.97. The van der Waals surface area contributed by atoms with Crippen LogP contribution in [0.2, 0.25) is 10.0 Å². The highest BCUT2D eigenvalue weighted by Gasteiger charge is 2.28. The van der Waals surface area contributed by atoms with Crippen molar-refractivity contribution in [2.24, 2.45) is 0 Å². The minimum Gasteiger partial charge on any atom is -0.393 e. The van der Waals surface area contributed by atoms with Gasteiger partial charge in [-0.3, -0.25) is 0 Å². The van der Waals surface area contributed by atoms with E-state index in [4.69, 9.17) is 27.9 Å². The van der Waals surface area contributed by atoms with Crippen molar-refractivity contribution < 1.29 is 14.6 Å². The van der Waals surface area contributed by atoms with Gasteiger partial charge >= 0.3 is 6.03 Å². The highest BCUT2D eigenvalue weighted by atomic mass is 35.5. The summed E-state index contributed by atoms with van der Waals surface area (Å²) in [4.78, 5) is 14.1. The molecule has 1 fully saturated rings. The molecule has 1 aromatic carbocycles. The molecule has 5 nitrogen and oxygen atoms in total. The lowest BCUT2D eigenvalue weighted by Gasteiger charge is -2.36. The van der Waals surface area contributed by atoms with Gasteiger partial charge in [0.2, 0.25) is 0 Å². The van der Waals surface area contributed by atoms with Crippen molar-refractivity contribution in [1.82, 2.24) is 10.2 Å². The summed E-state index contributed by atoms with van der Waals surface area (Å²) in [6, 6.07) is 4.88. The predicted octanol–water partition coefficient (Wildman–Crippen LogP) is 2.67. The van der Waals surface area contributed by atoms with E-state index in [9.17, 15) is 9.90 Å². The van der Waals surface area contributed by atoms with Crippen LogP contribution in [-0.2, 0) is 11.3 Å². The lowest BCUT2D eigenvalue weighted by molar-refractivity contribution is -0.00437. The van der Waals surface area contributed by atoms with Crippen molar-refractivity contribution in [2.75, 3.05) is 19.8 Å². The van der Waals surface area contributed by atoms with E-state index in [0.717, 1.165) is 5.56 Å². The highest BCUT2D eigenvalue weighted by molar-refractivity contribution is 6.35. The molecule has 0 unspecified atom stereocenters. The van der Waals surface area contributed by atoms with E-state index < -0.39 is 6.10 Å². The average Bonchev–Trinajstić information content (AvgIpc) is 2.46. The number of halogens is 2. The zero-order valence-electron chi connectivity index (χ0n) is 12.4. The fourth-order valence-corrected chi connectivity index (χ4v) is 2.92. The first-order chi connectivity index (χ1) is 10.5. The van der Waals surface area contributed by atoms with E-state index >= 15 is 0 Å². The van der Waals surface area contributed by atoms with Crippen LogP contribution in [0.1, 0.15) is 18.9 Å². The Morgan fingerprint density at radius 2 is 2.32 bits per heavy atom. The summed E-state index contributed by atoms with van der Waals surface area (Å²) in [7, 11) is 0. The summed E-state index contributed by atoms with van der Waals surface area (Å²) in [5.74, 6) is 0. The third-order valence-corrected chi connectivity index (χ3v) is 4.13. The number of hydrogen-bond acceptors (Lipinski definition) is 3. The second-order valence-corrected chi connectivity index (χ2v) is 6.24. The number of benzene rings is 1. The molecule has 2 rings (SSSR count). The van der Waals surface area contributed by atoms with Gasteiger partial charge < -0.3 is 20.1 Å². The summed E-state index contributed by atoms with van der Waals surface area (Å²) in [6.07, 6.45) is 0.0162. The third-order valence-electron chi connectivity index (χ3n) is 3.55. The van der Waals surface area contributed by atoms with Gasteiger partial charge in [0, 0.05) is 23.1 Å². The zero-order valence-corrected chi connectivity index (χ0v) is 13.9. The molecule has 0 aliphatic carbocycles. The van der Waals surface area contributed by atoms with E-state index in [1.54, 1.807) is 30.0 Å². The highest BCUT2D eigenvalue weighted by Crippen LogP contribution is 2.21. The molecule has 22 heavy (non-hydrogen) atoms. The van der Waals surface area contributed by atoms with E-state index in [1.807, 2.05) is 0 Å². The van der Waals surface area contributed by atoms with Gasteiger partial charge in [0.25, 0.3) is 0 Å². The summed E-state index contributed by atoms with van der Waals surface area (Å²) >= 11 is 11.9. The van der Waals surface area contributed by atoms with Crippen molar-refractivity contribution in [3.8, 4) is 0 Å². The summed E-state index contributed by atoms with van der Waals surface area (Å²) < 4.78 is 5.39. The number of nitrogens with one attached hydrogen (secondary N) is 1. The molecule has 7 heteroatoms. The summed E-state index contributed by atoms with van der Waals surface area (Å²) in [5.41, 5.74) is 0.805. The van der Waals surface area contributed by atoms with E-state index in [0.29, 0.717) is 42.8 Å². The van der Waals surface area contributed by atoms with Crippen LogP contribution < -0.4 is 5.32 Å². The van der Waals surface area contributed by atoms with Gasteiger partial charge in [0.15, 0.2) is 0 Å². The first-order valence-electron chi connectivity index (χ1n) is 7.21. The molecular weight excluding hydrogens is 327 g/mol. The van der Waals surface area contributed by atoms with Crippen LogP contribution in [0.25, 0.3) is 0 Å². The Hall–Kier alpha value is -1.01. The molecule has 2 amide bonds. The number of ether oxygens (including phenoxy) is 1.